The maximum Gasteiger partial charge on any atom is 0.266 e. The van der Waals surface area contributed by atoms with Crippen LogP contribution in [0.5, 0.6) is 0 Å². The molecule has 0 aliphatic carbocycles. The Morgan fingerprint density at radius 2 is 2.03 bits per heavy atom. The van der Waals surface area contributed by atoms with Crippen LogP contribution in [0.4, 0.5) is 0 Å². The number of carbonyl (C=O) groups is 1. The highest BCUT2D eigenvalue weighted by atomic mass is 35.5. The molecule has 1 aliphatic rings. The summed E-state index contributed by atoms with van der Waals surface area (Å²) in [5, 5.41) is 0.452. The second-order valence-electron chi connectivity index (χ2n) is 7.54. The number of sulfonamides is 1. The first-order valence-electron chi connectivity index (χ1n) is 10.4. The van der Waals surface area contributed by atoms with Gasteiger partial charge in [-0.3, -0.25) is 4.79 Å². The number of nitrogens with zero attached hydrogens (tertiary/aromatic N) is 3. The van der Waals surface area contributed by atoms with Crippen molar-refractivity contribution in [3.05, 3.63) is 52.3 Å². The molecular formula is C22H24ClN3O4S3. The standard InChI is InChI=1S/C22H24ClN3O4S3/c1-30-13-12-25-18-10-7-16(31-2)14-20(18)32-22(25)24-21(27)19-4-3-11-26(19)33(28,29)17-8-5-15(23)6-9-17/h5-10,14,19H,3-4,11-13H2,1-2H3. The number of fused-ring (bicyclic) bond motifs is 1. The topological polar surface area (TPSA) is 81.0 Å². The van der Waals surface area contributed by atoms with Crippen LogP contribution in [0.3, 0.4) is 0 Å². The summed E-state index contributed by atoms with van der Waals surface area (Å²) in [6.07, 6.45) is 3.05. The Hall–Kier alpha value is -1.69. The van der Waals surface area contributed by atoms with E-state index in [1.54, 1.807) is 18.9 Å². The summed E-state index contributed by atoms with van der Waals surface area (Å²) < 4.78 is 35.9. The third kappa shape index (κ3) is 5.06. The van der Waals surface area contributed by atoms with E-state index in [-0.39, 0.29) is 11.4 Å². The number of amides is 1. The van der Waals surface area contributed by atoms with Gasteiger partial charge in [0.1, 0.15) is 6.04 Å². The van der Waals surface area contributed by atoms with Gasteiger partial charge >= 0.3 is 0 Å². The molecule has 1 aliphatic heterocycles. The van der Waals surface area contributed by atoms with Gasteiger partial charge in [-0.25, -0.2) is 8.42 Å². The first kappa shape index (κ1) is 24.4. The van der Waals surface area contributed by atoms with Crippen molar-refractivity contribution in [2.45, 2.75) is 35.2 Å². The number of aromatic nitrogens is 1. The van der Waals surface area contributed by atoms with Crippen molar-refractivity contribution in [2.24, 2.45) is 4.99 Å². The lowest BCUT2D eigenvalue weighted by Crippen LogP contribution is -2.40. The number of carbonyl (C=O) groups excluding carboxylic acids is 1. The molecule has 176 valence electrons. The average Bonchev–Trinajstić information content (AvgIpc) is 3.43. The van der Waals surface area contributed by atoms with Crippen LogP contribution in [0.25, 0.3) is 10.2 Å². The number of halogens is 1. The Balaban J connectivity index is 1.71. The molecule has 3 aromatic rings. The molecule has 0 N–H and O–H groups in total. The lowest BCUT2D eigenvalue weighted by molar-refractivity contribution is -0.121. The van der Waals surface area contributed by atoms with E-state index in [4.69, 9.17) is 16.3 Å². The molecule has 0 spiro atoms. The number of methoxy groups -OCH3 is 1. The lowest BCUT2D eigenvalue weighted by Gasteiger charge is -2.21. The van der Waals surface area contributed by atoms with E-state index in [0.29, 0.717) is 35.8 Å². The number of benzene rings is 2. The molecule has 7 nitrogen and oxygen atoms in total. The Morgan fingerprint density at radius 3 is 2.73 bits per heavy atom. The van der Waals surface area contributed by atoms with Gasteiger partial charge in [0.2, 0.25) is 10.0 Å². The van der Waals surface area contributed by atoms with Crippen LogP contribution in [0, 0.1) is 0 Å². The molecule has 33 heavy (non-hydrogen) atoms. The van der Waals surface area contributed by atoms with E-state index < -0.39 is 22.0 Å². The normalized spacial score (nSPS) is 17.8. The number of thioether (sulfide) groups is 1. The highest BCUT2D eigenvalue weighted by Crippen LogP contribution is 2.28. The zero-order chi connectivity index (χ0) is 23.6. The summed E-state index contributed by atoms with van der Waals surface area (Å²) in [6, 6.07) is 11.3. The molecular weight excluding hydrogens is 502 g/mol. The Labute approximate surface area is 206 Å². The van der Waals surface area contributed by atoms with Crippen LogP contribution in [-0.2, 0) is 26.1 Å². The van der Waals surface area contributed by atoms with Crippen LogP contribution in [0.1, 0.15) is 12.8 Å². The molecule has 0 bridgehead atoms. The first-order valence-corrected chi connectivity index (χ1v) is 14.2. The summed E-state index contributed by atoms with van der Waals surface area (Å²) in [4.78, 5) is 19.4. The lowest BCUT2D eigenvalue weighted by atomic mass is 10.2. The number of hydrogen-bond donors (Lipinski definition) is 0. The summed E-state index contributed by atoms with van der Waals surface area (Å²) in [5.41, 5.74) is 0.971. The molecule has 0 saturated carbocycles. The van der Waals surface area contributed by atoms with Crippen molar-refractivity contribution in [1.29, 1.82) is 0 Å². The molecule has 2 aromatic carbocycles. The van der Waals surface area contributed by atoms with Crippen molar-refractivity contribution in [3.8, 4) is 0 Å². The van der Waals surface area contributed by atoms with E-state index in [0.717, 1.165) is 15.1 Å². The summed E-state index contributed by atoms with van der Waals surface area (Å²) >= 11 is 8.97. The first-order chi connectivity index (χ1) is 15.8. The molecule has 1 fully saturated rings. The quantitative estimate of drug-likeness (QED) is 0.435. The van der Waals surface area contributed by atoms with Gasteiger partial charge in [-0.1, -0.05) is 22.9 Å². The van der Waals surface area contributed by atoms with Crippen LogP contribution >= 0.6 is 34.7 Å². The third-order valence-electron chi connectivity index (χ3n) is 5.52. The Bertz CT molecular complexity index is 1330. The van der Waals surface area contributed by atoms with Crippen LogP contribution in [0.15, 0.2) is 57.2 Å². The zero-order valence-corrected chi connectivity index (χ0v) is 21.4. The average molecular weight is 526 g/mol. The maximum absolute atomic E-state index is 13.2. The number of thiazole rings is 1. The number of rotatable bonds is 7. The molecule has 1 aromatic heterocycles. The molecule has 1 atom stereocenters. The van der Waals surface area contributed by atoms with Gasteiger partial charge in [-0.05, 0) is 61.6 Å². The van der Waals surface area contributed by atoms with Gasteiger partial charge in [0, 0.05) is 30.1 Å². The van der Waals surface area contributed by atoms with Crippen molar-refractivity contribution in [2.75, 3.05) is 26.5 Å². The summed E-state index contributed by atoms with van der Waals surface area (Å²) in [5.74, 6) is -0.451. The van der Waals surface area contributed by atoms with Crippen molar-refractivity contribution in [1.82, 2.24) is 8.87 Å². The molecule has 4 rings (SSSR count). The van der Waals surface area contributed by atoms with E-state index in [9.17, 15) is 13.2 Å². The maximum atomic E-state index is 13.2. The smallest absolute Gasteiger partial charge is 0.266 e. The predicted molar refractivity (Wildman–Crippen MR) is 132 cm³/mol. The van der Waals surface area contributed by atoms with E-state index in [1.165, 1.54) is 39.9 Å². The Kier molecular flexibility index (Phi) is 7.62. The minimum Gasteiger partial charge on any atom is -0.383 e. The largest absolute Gasteiger partial charge is 0.383 e. The van der Waals surface area contributed by atoms with Crippen LogP contribution in [0.2, 0.25) is 5.02 Å². The fraction of sp³-hybridized carbons (Fsp3) is 0.364. The molecule has 11 heteroatoms. The monoisotopic (exact) mass is 525 g/mol. The highest BCUT2D eigenvalue weighted by Gasteiger charge is 2.39. The van der Waals surface area contributed by atoms with E-state index in [2.05, 4.69) is 11.1 Å². The number of ether oxygens (including phenoxy) is 1. The molecule has 2 heterocycles. The van der Waals surface area contributed by atoms with Gasteiger partial charge in [0.25, 0.3) is 5.91 Å². The minimum atomic E-state index is -3.83. The van der Waals surface area contributed by atoms with Crippen molar-refractivity contribution < 1.29 is 17.9 Å². The second kappa shape index (κ2) is 10.3. The molecule has 1 amide bonds. The van der Waals surface area contributed by atoms with Crippen LogP contribution in [-0.4, -0.2) is 55.8 Å². The van der Waals surface area contributed by atoms with Gasteiger partial charge < -0.3 is 9.30 Å². The predicted octanol–water partition coefficient (Wildman–Crippen LogP) is 4.01. The van der Waals surface area contributed by atoms with Gasteiger partial charge in [0.05, 0.1) is 21.7 Å². The Morgan fingerprint density at radius 1 is 1.27 bits per heavy atom. The zero-order valence-electron chi connectivity index (χ0n) is 18.2. The third-order valence-corrected chi connectivity index (χ3v) is 9.46. The fourth-order valence-electron chi connectivity index (χ4n) is 3.85. The summed E-state index contributed by atoms with van der Waals surface area (Å²) in [6.45, 7) is 1.29. The van der Waals surface area contributed by atoms with E-state index >= 15 is 0 Å². The van der Waals surface area contributed by atoms with Gasteiger partial charge in [-0.15, -0.1) is 11.8 Å². The second-order valence-corrected chi connectivity index (χ2v) is 11.8. The summed E-state index contributed by atoms with van der Waals surface area (Å²) in [7, 11) is -2.21. The van der Waals surface area contributed by atoms with Crippen LogP contribution < -0.4 is 4.80 Å². The van der Waals surface area contributed by atoms with Crippen molar-refractivity contribution >= 4 is 60.8 Å². The minimum absolute atomic E-state index is 0.119. The van der Waals surface area contributed by atoms with E-state index in [1.807, 2.05) is 23.0 Å². The van der Waals surface area contributed by atoms with Crippen molar-refractivity contribution in [3.63, 3.8) is 0 Å². The molecule has 1 unspecified atom stereocenters. The molecule has 1 saturated heterocycles. The van der Waals surface area contributed by atoms with Gasteiger partial charge in [0.15, 0.2) is 4.80 Å². The molecule has 0 radical (unpaired) electrons. The fourth-order valence-corrected chi connectivity index (χ4v) is 7.24. The number of hydrogen-bond acceptors (Lipinski definition) is 6. The SMILES string of the molecule is COCCn1c(=NC(=O)C2CCCN2S(=O)(=O)c2ccc(Cl)cc2)sc2cc(SC)ccc21. The highest BCUT2D eigenvalue weighted by molar-refractivity contribution is 7.98. The van der Waals surface area contributed by atoms with Gasteiger partial charge in [-0.2, -0.15) is 9.30 Å².